The monoisotopic (exact) mass is 276 g/mol. The van der Waals surface area contributed by atoms with Gasteiger partial charge in [-0.3, -0.25) is 0 Å². The molecule has 112 valence electrons. The summed E-state index contributed by atoms with van der Waals surface area (Å²) >= 11 is 0. The predicted octanol–water partition coefficient (Wildman–Crippen LogP) is 3.19. The van der Waals surface area contributed by atoms with E-state index in [0.29, 0.717) is 6.10 Å². The zero-order chi connectivity index (χ0) is 14.6. The number of hydrogen-bond acceptors (Lipinski definition) is 3. The van der Waals surface area contributed by atoms with Crippen molar-refractivity contribution in [3.63, 3.8) is 0 Å². The lowest BCUT2D eigenvalue weighted by atomic mass is 10.1. The van der Waals surface area contributed by atoms with Crippen LogP contribution in [0.5, 0.6) is 0 Å². The lowest BCUT2D eigenvalue weighted by molar-refractivity contribution is 0.116. The Kier molecular flexibility index (Phi) is 5.06. The van der Waals surface area contributed by atoms with Crippen LogP contribution in [0.1, 0.15) is 39.2 Å². The fraction of sp³-hybridized carbons (Fsp3) is 0.647. The Morgan fingerprint density at radius 3 is 2.50 bits per heavy atom. The summed E-state index contributed by atoms with van der Waals surface area (Å²) in [6.45, 7) is 9.40. The fourth-order valence-electron chi connectivity index (χ4n) is 2.43. The van der Waals surface area contributed by atoms with Crippen molar-refractivity contribution in [2.24, 2.45) is 0 Å². The maximum atomic E-state index is 5.69. The normalized spacial score (nSPS) is 19.3. The van der Waals surface area contributed by atoms with Gasteiger partial charge in [-0.05, 0) is 51.3 Å². The van der Waals surface area contributed by atoms with E-state index >= 15 is 0 Å². The largest absolute Gasteiger partial charge is 0.376 e. The number of ether oxygens (including phenoxy) is 1. The van der Waals surface area contributed by atoms with Crippen molar-refractivity contribution < 1.29 is 4.74 Å². The molecule has 0 amide bonds. The molecule has 1 aliphatic rings. The summed E-state index contributed by atoms with van der Waals surface area (Å²) in [5.41, 5.74) is 2.75. The van der Waals surface area contributed by atoms with Crippen LogP contribution in [-0.4, -0.2) is 31.8 Å². The molecule has 2 rings (SSSR count). The molecule has 0 aromatic heterocycles. The minimum Gasteiger partial charge on any atom is -0.376 e. The molecule has 3 nitrogen and oxygen atoms in total. The number of likely N-dealkylation sites (N-methyl/N-ethyl adjacent to an activating group) is 1. The van der Waals surface area contributed by atoms with Gasteiger partial charge in [-0.15, -0.1) is 0 Å². The lowest BCUT2D eigenvalue weighted by Crippen LogP contribution is -2.35. The zero-order valence-corrected chi connectivity index (χ0v) is 13.3. The Labute approximate surface area is 123 Å². The predicted molar refractivity (Wildman–Crippen MR) is 85.3 cm³/mol. The maximum absolute atomic E-state index is 5.69. The number of benzene rings is 1. The summed E-state index contributed by atoms with van der Waals surface area (Å²) in [6.07, 6.45) is 2.80. The molecule has 1 atom stereocenters. The molecule has 0 radical (unpaired) electrons. The fourth-order valence-corrected chi connectivity index (χ4v) is 2.43. The molecule has 1 fully saturated rings. The number of nitrogens with zero attached hydrogens (tertiary/aromatic N) is 1. The topological polar surface area (TPSA) is 24.5 Å². The van der Waals surface area contributed by atoms with Gasteiger partial charge in [0.2, 0.25) is 0 Å². The van der Waals surface area contributed by atoms with Crippen molar-refractivity contribution in [2.75, 3.05) is 25.1 Å². The third-order valence-electron chi connectivity index (χ3n) is 3.70. The molecular weight excluding hydrogens is 248 g/mol. The van der Waals surface area contributed by atoms with Crippen molar-refractivity contribution in [3.05, 3.63) is 29.8 Å². The van der Waals surface area contributed by atoms with Crippen molar-refractivity contribution in [3.8, 4) is 0 Å². The second kappa shape index (κ2) is 6.59. The second-order valence-electron chi connectivity index (χ2n) is 6.79. The molecular formula is C17H28N2O. The molecule has 1 aromatic rings. The number of anilines is 1. The van der Waals surface area contributed by atoms with Crippen LogP contribution in [0, 0.1) is 0 Å². The van der Waals surface area contributed by atoms with E-state index in [1.54, 1.807) is 0 Å². The SMILES string of the molecule is CN(CC1CCCO1)c1ccc(CNC(C)(C)C)cc1. The molecule has 0 spiro atoms. The molecule has 20 heavy (non-hydrogen) atoms. The summed E-state index contributed by atoms with van der Waals surface area (Å²) < 4.78 is 5.69. The Balaban J connectivity index is 1.86. The molecule has 1 N–H and O–H groups in total. The van der Waals surface area contributed by atoms with Crippen LogP contribution in [0.4, 0.5) is 5.69 Å². The van der Waals surface area contributed by atoms with Gasteiger partial charge in [0, 0.05) is 38.0 Å². The van der Waals surface area contributed by atoms with Crippen LogP contribution in [0.2, 0.25) is 0 Å². The highest BCUT2D eigenvalue weighted by molar-refractivity contribution is 5.47. The van der Waals surface area contributed by atoms with Gasteiger partial charge in [-0.25, -0.2) is 0 Å². The first-order valence-electron chi connectivity index (χ1n) is 7.61. The summed E-state index contributed by atoms with van der Waals surface area (Å²) in [7, 11) is 2.14. The highest BCUT2D eigenvalue weighted by Gasteiger charge is 2.17. The molecule has 1 aliphatic heterocycles. The number of hydrogen-bond donors (Lipinski definition) is 1. The van der Waals surface area contributed by atoms with E-state index in [9.17, 15) is 0 Å². The van der Waals surface area contributed by atoms with Gasteiger partial charge in [-0.2, -0.15) is 0 Å². The van der Waals surface area contributed by atoms with E-state index in [-0.39, 0.29) is 5.54 Å². The van der Waals surface area contributed by atoms with Crippen LogP contribution >= 0.6 is 0 Å². The van der Waals surface area contributed by atoms with Crippen LogP contribution < -0.4 is 10.2 Å². The highest BCUT2D eigenvalue weighted by atomic mass is 16.5. The minimum atomic E-state index is 0.162. The molecule has 3 heteroatoms. The Morgan fingerprint density at radius 2 is 1.95 bits per heavy atom. The van der Waals surface area contributed by atoms with Crippen molar-refractivity contribution >= 4 is 5.69 Å². The Hall–Kier alpha value is -1.06. The second-order valence-corrected chi connectivity index (χ2v) is 6.79. The van der Waals surface area contributed by atoms with Crippen LogP contribution in [0.25, 0.3) is 0 Å². The average Bonchev–Trinajstić information content (AvgIpc) is 2.89. The Bertz CT molecular complexity index is 402. The number of nitrogens with one attached hydrogen (secondary N) is 1. The molecule has 0 aliphatic carbocycles. The summed E-state index contributed by atoms with van der Waals surface area (Å²) in [6, 6.07) is 8.82. The summed E-state index contributed by atoms with van der Waals surface area (Å²) in [5.74, 6) is 0. The van der Waals surface area contributed by atoms with Gasteiger partial charge >= 0.3 is 0 Å². The first-order valence-corrected chi connectivity index (χ1v) is 7.61. The summed E-state index contributed by atoms with van der Waals surface area (Å²) in [4.78, 5) is 2.29. The van der Waals surface area contributed by atoms with Gasteiger partial charge in [0.05, 0.1) is 6.10 Å². The molecule has 1 unspecified atom stereocenters. The molecule has 0 saturated carbocycles. The lowest BCUT2D eigenvalue weighted by Gasteiger charge is -2.23. The van der Waals surface area contributed by atoms with Gasteiger partial charge in [0.25, 0.3) is 0 Å². The molecule has 0 bridgehead atoms. The maximum Gasteiger partial charge on any atom is 0.0750 e. The average molecular weight is 276 g/mol. The van der Waals surface area contributed by atoms with Crippen molar-refractivity contribution in [1.29, 1.82) is 0 Å². The number of rotatable bonds is 5. The third kappa shape index (κ3) is 4.80. The van der Waals surface area contributed by atoms with Gasteiger partial charge in [-0.1, -0.05) is 12.1 Å². The van der Waals surface area contributed by atoms with Crippen molar-refractivity contribution in [2.45, 2.75) is 51.8 Å². The zero-order valence-electron chi connectivity index (χ0n) is 13.3. The van der Waals surface area contributed by atoms with Gasteiger partial charge in [0.1, 0.15) is 0 Å². The molecule has 1 saturated heterocycles. The van der Waals surface area contributed by atoms with Gasteiger partial charge < -0.3 is 15.0 Å². The standard InChI is InChI=1S/C17H28N2O/c1-17(2,3)18-12-14-7-9-15(10-8-14)19(4)13-16-6-5-11-20-16/h7-10,16,18H,5-6,11-13H2,1-4H3. The third-order valence-corrected chi connectivity index (χ3v) is 3.70. The summed E-state index contributed by atoms with van der Waals surface area (Å²) in [5, 5.41) is 3.51. The van der Waals surface area contributed by atoms with Crippen LogP contribution in [-0.2, 0) is 11.3 Å². The van der Waals surface area contributed by atoms with E-state index < -0.39 is 0 Å². The van der Waals surface area contributed by atoms with Gasteiger partial charge in [0.15, 0.2) is 0 Å². The van der Waals surface area contributed by atoms with Crippen LogP contribution in [0.3, 0.4) is 0 Å². The van der Waals surface area contributed by atoms with Crippen LogP contribution in [0.15, 0.2) is 24.3 Å². The van der Waals surface area contributed by atoms with E-state index in [4.69, 9.17) is 4.74 Å². The first-order chi connectivity index (χ1) is 9.44. The molecule has 1 aromatic carbocycles. The van der Waals surface area contributed by atoms with E-state index in [1.807, 2.05) is 0 Å². The Morgan fingerprint density at radius 1 is 1.25 bits per heavy atom. The van der Waals surface area contributed by atoms with E-state index in [1.165, 1.54) is 24.1 Å². The highest BCUT2D eigenvalue weighted by Crippen LogP contribution is 2.18. The molecule has 1 heterocycles. The minimum absolute atomic E-state index is 0.162. The van der Waals surface area contributed by atoms with E-state index in [0.717, 1.165) is 19.7 Å². The first kappa shape index (κ1) is 15.3. The van der Waals surface area contributed by atoms with E-state index in [2.05, 4.69) is 62.3 Å². The smallest absolute Gasteiger partial charge is 0.0750 e. The quantitative estimate of drug-likeness (QED) is 0.894. The van der Waals surface area contributed by atoms with Crippen molar-refractivity contribution in [1.82, 2.24) is 5.32 Å².